The van der Waals surface area contributed by atoms with E-state index in [0.29, 0.717) is 26.2 Å². The molecular weight excluding hydrogens is 306 g/mol. The Morgan fingerprint density at radius 2 is 1.33 bits per heavy atom. The zero-order valence-corrected chi connectivity index (χ0v) is 15.2. The molecule has 0 heterocycles. The van der Waals surface area contributed by atoms with E-state index >= 15 is 0 Å². The van der Waals surface area contributed by atoms with Crippen LogP contribution in [-0.2, 0) is 4.74 Å². The quantitative estimate of drug-likeness (QED) is 0.591. The molecule has 3 unspecified atom stereocenters. The second kappa shape index (κ2) is 7.58. The first kappa shape index (κ1) is 18.6. The van der Waals surface area contributed by atoms with Gasteiger partial charge in [-0.05, 0) is 70.1 Å². The lowest BCUT2D eigenvalue weighted by Crippen LogP contribution is -2.53. The van der Waals surface area contributed by atoms with E-state index in [1.807, 2.05) is 4.90 Å². The van der Waals surface area contributed by atoms with Gasteiger partial charge in [0.05, 0.1) is 30.5 Å². The van der Waals surface area contributed by atoms with Gasteiger partial charge < -0.3 is 20.1 Å². The molecule has 0 aromatic rings. The van der Waals surface area contributed by atoms with Gasteiger partial charge in [-0.3, -0.25) is 4.90 Å². The predicted octanol–water partition coefficient (Wildman–Crippen LogP) is 1.40. The summed E-state index contributed by atoms with van der Waals surface area (Å²) in [5.74, 6) is 2.53. The molecule has 0 aliphatic heterocycles. The molecule has 4 rings (SSSR count). The Balaban J connectivity index is 1.48. The third kappa shape index (κ3) is 4.70. The van der Waals surface area contributed by atoms with Crippen LogP contribution in [0.1, 0.15) is 52.4 Å². The zero-order chi connectivity index (χ0) is 17.3. The molecule has 4 fully saturated rings. The normalized spacial score (nSPS) is 38.5. The maximum atomic E-state index is 10.4. The fraction of sp³-hybridized carbons (Fsp3) is 1.00. The van der Waals surface area contributed by atoms with Crippen molar-refractivity contribution in [1.82, 2.24) is 4.90 Å². The lowest BCUT2D eigenvalue weighted by Gasteiger charge is -2.56. The maximum absolute atomic E-state index is 10.4. The van der Waals surface area contributed by atoms with E-state index in [1.165, 1.54) is 38.5 Å². The number of nitrogens with zero attached hydrogens (tertiary/aromatic N) is 1. The van der Waals surface area contributed by atoms with Gasteiger partial charge in [0.1, 0.15) is 0 Å². The Hall–Kier alpha value is -0.200. The summed E-state index contributed by atoms with van der Waals surface area (Å²) in [6, 6.07) is 0. The molecule has 24 heavy (non-hydrogen) atoms. The van der Waals surface area contributed by atoms with Crippen LogP contribution in [0.3, 0.4) is 0 Å². The lowest BCUT2D eigenvalue weighted by atomic mass is 9.54. The molecule has 0 saturated heterocycles. The number of ether oxygens (including phenoxy) is 1. The van der Waals surface area contributed by atoms with Crippen molar-refractivity contribution >= 4 is 0 Å². The molecule has 4 aliphatic carbocycles. The molecule has 3 atom stereocenters. The SMILES string of the molecule is CC(O)CN(CC(C)O)CC(O)COC12CC3CC(CC(C3)C1)C2. The van der Waals surface area contributed by atoms with Crippen molar-refractivity contribution in [2.75, 3.05) is 26.2 Å². The zero-order valence-electron chi connectivity index (χ0n) is 15.2. The molecule has 140 valence electrons. The van der Waals surface area contributed by atoms with Crippen molar-refractivity contribution in [2.24, 2.45) is 17.8 Å². The number of rotatable bonds is 9. The van der Waals surface area contributed by atoms with Crippen LogP contribution in [0.2, 0.25) is 0 Å². The summed E-state index contributed by atoms with van der Waals surface area (Å²) in [6.45, 7) is 5.17. The molecule has 4 bridgehead atoms. The highest BCUT2D eigenvalue weighted by molar-refractivity contribution is 5.03. The average molecular weight is 341 g/mol. The van der Waals surface area contributed by atoms with Crippen LogP contribution in [0.25, 0.3) is 0 Å². The molecule has 0 radical (unpaired) electrons. The van der Waals surface area contributed by atoms with Gasteiger partial charge in [0, 0.05) is 19.6 Å². The Bertz CT molecular complexity index is 367. The Morgan fingerprint density at radius 3 is 1.75 bits per heavy atom. The van der Waals surface area contributed by atoms with E-state index in [-0.39, 0.29) is 5.60 Å². The predicted molar refractivity (Wildman–Crippen MR) is 92.7 cm³/mol. The topological polar surface area (TPSA) is 73.2 Å². The first-order valence-electron chi connectivity index (χ1n) is 9.74. The Kier molecular flexibility index (Phi) is 5.87. The number of aliphatic hydroxyl groups excluding tert-OH is 3. The highest BCUT2D eigenvalue weighted by Crippen LogP contribution is 2.57. The van der Waals surface area contributed by atoms with Crippen molar-refractivity contribution in [3.05, 3.63) is 0 Å². The molecule has 5 nitrogen and oxygen atoms in total. The minimum atomic E-state index is -0.574. The molecule has 3 N–H and O–H groups in total. The lowest BCUT2D eigenvalue weighted by molar-refractivity contribution is -0.176. The highest BCUT2D eigenvalue weighted by Gasteiger charge is 2.51. The van der Waals surface area contributed by atoms with Crippen LogP contribution in [0.5, 0.6) is 0 Å². The smallest absolute Gasteiger partial charge is 0.0900 e. The van der Waals surface area contributed by atoms with Crippen molar-refractivity contribution in [1.29, 1.82) is 0 Å². The van der Waals surface area contributed by atoms with E-state index in [1.54, 1.807) is 13.8 Å². The van der Waals surface area contributed by atoms with Gasteiger partial charge >= 0.3 is 0 Å². The van der Waals surface area contributed by atoms with Crippen molar-refractivity contribution in [3.63, 3.8) is 0 Å². The first-order valence-corrected chi connectivity index (χ1v) is 9.74. The van der Waals surface area contributed by atoms with Crippen molar-refractivity contribution in [3.8, 4) is 0 Å². The Labute approximate surface area is 146 Å². The van der Waals surface area contributed by atoms with E-state index in [9.17, 15) is 15.3 Å². The van der Waals surface area contributed by atoms with Gasteiger partial charge in [-0.15, -0.1) is 0 Å². The Morgan fingerprint density at radius 1 is 0.875 bits per heavy atom. The molecule has 4 saturated carbocycles. The van der Waals surface area contributed by atoms with Gasteiger partial charge in [0.25, 0.3) is 0 Å². The van der Waals surface area contributed by atoms with E-state index in [4.69, 9.17) is 4.74 Å². The van der Waals surface area contributed by atoms with Crippen LogP contribution in [0, 0.1) is 17.8 Å². The van der Waals surface area contributed by atoms with Gasteiger partial charge in [-0.2, -0.15) is 0 Å². The molecule has 0 aromatic heterocycles. The molecule has 4 aliphatic rings. The van der Waals surface area contributed by atoms with Gasteiger partial charge in [-0.1, -0.05) is 0 Å². The van der Waals surface area contributed by atoms with E-state index in [0.717, 1.165) is 17.8 Å². The molecular formula is C19H35NO4. The molecule has 5 heteroatoms. The summed E-state index contributed by atoms with van der Waals surface area (Å²) in [5, 5.41) is 29.6. The monoisotopic (exact) mass is 341 g/mol. The van der Waals surface area contributed by atoms with Crippen LogP contribution >= 0.6 is 0 Å². The van der Waals surface area contributed by atoms with Crippen LogP contribution in [0.4, 0.5) is 0 Å². The van der Waals surface area contributed by atoms with Crippen LogP contribution in [-0.4, -0.2) is 70.4 Å². The third-order valence-corrected chi connectivity index (χ3v) is 6.08. The number of hydrogen-bond acceptors (Lipinski definition) is 5. The molecule has 0 spiro atoms. The molecule has 0 aromatic carbocycles. The third-order valence-electron chi connectivity index (χ3n) is 6.08. The average Bonchev–Trinajstić information content (AvgIpc) is 2.42. The minimum Gasteiger partial charge on any atom is -0.392 e. The highest BCUT2D eigenvalue weighted by atomic mass is 16.5. The summed E-state index contributed by atoms with van der Waals surface area (Å²) in [4.78, 5) is 1.92. The minimum absolute atomic E-state index is 0.0229. The van der Waals surface area contributed by atoms with Gasteiger partial charge in [-0.25, -0.2) is 0 Å². The largest absolute Gasteiger partial charge is 0.392 e. The molecule has 0 amide bonds. The fourth-order valence-corrected chi connectivity index (χ4v) is 5.80. The second-order valence-corrected chi connectivity index (χ2v) is 8.98. The number of aliphatic hydroxyl groups is 3. The summed E-state index contributed by atoms with van der Waals surface area (Å²) in [7, 11) is 0. The summed E-state index contributed by atoms with van der Waals surface area (Å²) < 4.78 is 6.31. The van der Waals surface area contributed by atoms with E-state index < -0.39 is 18.3 Å². The summed E-state index contributed by atoms with van der Waals surface area (Å²) in [6.07, 6.45) is 6.19. The van der Waals surface area contributed by atoms with Crippen molar-refractivity contribution < 1.29 is 20.1 Å². The summed E-state index contributed by atoms with van der Waals surface area (Å²) in [5.41, 5.74) is 0.0229. The second-order valence-electron chi connectivity index (χ2n) is 8.98. The van der Waals surface area contributed by atoms with Crippen LogP contribution < -0.4 is 0 Å². The fourth-order valence-electron chi connectivity index (χ4n) is 5.80. The standard InChI is InChI=1S/C19H35NO4/c1-13(21)9-20(10-14(2)22)11-18(23)12-24-19-6-15-3-16(7-19)5-17(4-15)8-19/h13-18,21-23H,3-12H2,1-2H3. The van der Waals surface area contributed by atoms with Gasteiger partial charge in [0.15, 0.2) is 0 Å². The van der Waals surface area contributed by atoms with Crippen LogP contribution in [0.15, 0.2) is 0 Å². The summed E-state index contributed by atoms with van der Waals surface area (Å²) >= 11 is 0. The van der Waals surface area contributed by atoms with Gasteiger partial charge in [0.2, 0.25) is 0 Å². The number of hydrogen-bond donors (Lipinski definition) is 3. The maximum Gasteiger partial charge on any atom is 0.0900 e. The first-order chi connectivity index (χ1) is 11.3. The van der Waals surface area contributed by atoms with E-state index in [2.05, 4.69) is 0 Å². The van der Waals surface area contributed by atoms with Crippen molar-refractivity contribution in [2.45, 2.75) is 76.3 Å².